The van der Waals surface area contributed by atoms with E-state index in [1.807, 2.05) is 0 Å². The monoisotopic (exact) mass is 226 g/mol. The molecular weight excluding hydrogens is 212 g/mol. The predicted octanol–water partition coefficient (Wildman–Crippen LogP) is -0.288. The van der Waals surface area contributed by atoms with E-state index < -0.39 is 17.9 Å². The Morgan fingerprint density at radius 2 is 2.12 bits per heavy atom. The van der Waals surface area contributed by atoms with E-state index in [2.05, 4.69) is 10.4 Å². The minimum Gasteiger partial charge on any atom is -0.480 e. The molecule has 0 aromatic carbocycles. The highest BCUT2D eigenvalue weighted by Crippen LogP contribution is 2.18. The number of hydrogen-bond acceptors (Lipinski definition) is 4. The maximum absolute atomic E-state index is 11.2. The van der Waals surface area contributed by atoms with E-state index in [4.69, 9.17) is 10.8 Å². The summed E-state index contributed by atoms with van der Waals surface area (Å²) in [5.74, 6) is -1.33. The van der Waals surface area contributed by atoms with Gasteiger partial charge in [0.05, 0.1) is 5.69 Å². The van der Waals surface area contributed by atoms with Gasteiger partial charge in [0.25, 0.3) is 5.91 Å². The maximum atomic E-state index is 11.2. The Labute approximate surface area is 92.2 Å². The van der Waals surface area contributed by atoms with Gasteiger partial charge in [0.15, 0.2) is 0 Å². The number of nitrogens with one attached hydrogen (secondary N) is 1. The third kappa shape index (κ3) is 2.13. The summed E-state index contributed by atoms with van der Waals surface area (Å²) in [5.41, 5.74) is 5.89. The molecule has 7 heteroatoms. The van der Waals surface area contributed by atoms with Crippen molar-refractivity contribution < 1.29 is 14.7 Å². The molecule has 1 rings (SSSR count). The molecule has 1 aromatic rings. The maximum Gasteiger partial charge on any atom is 0.325 e. The zero-order chi connectivity index (χ0) is 12.5. The minimum atomic E-state index is -1.02. The van der Waals surface area contributed by atoms with Crippen LogP contribution in [0, 0.1) is 6.92 Å². The zero-order valence-corrected chi connectivity index (χ0v) is 9.31. The largest absolute Gasteiger partial charge is 0.480 e. The Kier molecular flexibility index (Phi) is 3.17. The number of rotatable bonds is 4. The molecule has 0 saturated carbocycles. The Balaban J connectivity index is 3.12. The number of hydrogen-bond donors (Lipinski definition) is 3. The van der Waals surface area contributed by atoms with Crippen molar-refractivity contribution in [2.24, 2.45) is 12.8 Å². The zero-order valence-electron chi connectivity index (χ0n) is 9.31. The molecule has 1 heterocycles. The van der Waals surface area contributed by atoms with Crippen LogP contribution in [0.2, 0.25) is 0 Å². The summed E-state index contributed by atoms with van der Waals surface area (Å²) in [6.07, 6.45) is 0. The number of aryl methyl sites for hydroxylation is 2. The van der Waals surface area contributed by atoms with Crippen LogP contribution in [-0.2, 0) is 11.8 Å². The first-order chi connectivity index (χ1) is 7.34. The molecule has 1 aromatic heterocycles. The highest BCUT2D eigenvalue weighted by atomic mass is 16.4. The van der Waals surface area contributed by atoms with Gasteiger partial charge in [-0.25, -0.2) is 0 Å². The standard InChI is InChI=1S/C9H14N4O3/c1-4-6(7(10)14)8(13(3)12-4)11-5(2)9(15)16/h5,11H,1-3H3,(H2,10,14)(H,15,16). The van der Waals surface area contributed by atoms with Crippen LogP contribution >= 0.6 is 0 Å². The van der Waals surface area contributed by atoms with Gasteiger partial charge in [-0.05, 0) is 13.8 Å². The lowest BCUT2D eigenvalue weighted by molar-refractivity contribution is -0.137. The number of carbonyl (C=O) groups is 2. The average Bonchev–Trinajstić information content (AvgIpc) is 2.41. The van der Waals surface area contributed by atoms with Gasteiger partial charge < -0.3 is 16.2 Å². The summed E-state index contributed by atoms with van der Waals surface area (Å²) in [5, 5.41) is 15.4. The van der Waals surface area contributed by atoms with Crippen molar-refractivity contribution in [3.05, 3.63) is 11.3 Å². The van der Waals surface area contributed by atoms with Gasteiger partial charge in [-0.3, -0.25) is 14.3 Å². The summed E-state index contributed by atoms with van der Waals surface area (Å²) in [6.45, 7) is 3.10. The molecule has 0 bridgehead atoms. The molecule has 0 aliphatic rings. The molecule has 7 nitrogen and oxygen atoms in total. The van der Waals surface area contributed by atoms with Gasteiger partial charge >= 0.3 is 5.97 Å². The average molecular weight is 226 g/mol. The number of amides is 1. The van der Waals surface area contributed by atoms with E-state index >= 15 is 0 Å². The molecule has 0 saturated heterocycles. The fourth-order valence-electron chi connectivity index (χ4n) is 1.39. The van der Waals surface area contributed by atoms with Crippen molar-refractivity contribution in [3.63, 3.8) is 0 Å². The summed E-state index contributed by atoms with van der Waals surface area (Å²) in [7, 11) is 1.61. The van der Waals surface area contributed by atoms with Crippen molar-refractivity contribution in [1.82, 2.24) is 9.78 Å². The Morgan fingerprint density at radius 3 is 2.56 bits per heavy atom. The second-order valence-electron chi connectivity index (χ2n) is 3.50. The van der Waals surface area contributed by atoms with Gasteiger partial charge in [-0.1, -0.05) is 0 Å². The third-order valence-corrected chi connectivity index (χ3v) is 2.19. The van der Waals surface area contributed by atoms with Crippen LogP contribution in [0.4, 0.5) is 5.82 Å². The molecule has 4 N–H and O–H groups in total. The van der Waals surface area contributed by atoms with E-state index in [0.29, 0.717) is 11.5 Å². The second kappa shape index (κ2) is 4.21. The van der Waals surface area contributed by atoms with Crippen LogP contribution in [0.25, 0.3) is 0 Å². The topological polar surface area (TPSA) is 110 Å². The molecule has 1 amide bonds. The fraction of sp³-hybridized carbons (Fsp3) is 0.444. The fourth-order valence-corrected chi connectivity index (χ4v) is 1.39. The van der Waals surface area contributed by atoms with Crippen LogP contribution in [0.5, 0.6) is 0 Å². The highest BCUT2D eigenvalue weighted by Gasteiger charge is 2.21. The van der Waals surface area contributed by atoms with Crippen molar-refractivity contribution in [2.75, 3.05) is 5.32 Å². The number of carboxylic acids is 1. The number of aliphatic carboxylic acids is 1. The third-order valence-electron chi connectivity index (χ3n) is 2.19. The lowest BCUT2D eigenvalue weighted by Crippen LogP contribution is -2.28. The minimum absolute atomic E-state index is 0.218. The van der Waals surface area contributed by atoms with Crippen LogP contribution in [0.3, 0.4) is 0 Å². The van der Waals surface area contributed by atoms with Crippen LogP contribution in [0.15, 0.2) is 0 Å². The molecule has 1 unspecified atom stereocenters. The Hall–Kier alpha value is -2.05. The summed E-state index contributed by atoms with van der Waals surface area (Å²) < 4.78 is 1.40. The number of anilines is 1. The number of nitrogens with zero attached hydrogens (tertiary/aromatic N) is 2. The molecule has 1 atom stereocenters. The molecule has 16 heavy (non-hydrogen) atoms. The van der Waals surface area contributed by atoms with Gasteiger partial charge in [0.2, 0.25) is 0 Å². The van der Waals surface area contributed by atoms with Crippen molar-refractivity contribution >= 4 is 17.7 Å². The van der Waals surface area contributed by atoms with E-state index in [1.165, 1.54) is 11.6 Å². The predicted molar refractivity (Wildman–Crippen MR) is 57.2 cm³/mol. The van der Waals surface area contributed by atoms with Gasteiger partial charge in [0, 0.05) is 7.05 Å². The van der Waals surface area contributed by atoms with Gasteiger partial charge in [-0.2, -0.15) is 5.10 Å². The first-order valence-corrected chi connectivity index (χ1v) is 4.67. The second-order valence-corrected chi connectivity index (χ2v) is 3.50. The number of aromatic nitrogens is 2. The number of primary amides is 1. The highest BCUT2D eigenvalue weighted by molar-refractivity contribution is 5.99. The van der Waals surface area contributed by atoms with Gasteiger partial charge in [-0.15, -0.1) is 0 Å². The number of carbonyl (C=O) groups excluding carboxylic acids is 1. The summed E-state index contributed by atoms with van der Waals surface area (Å²) >= 11 is 0. The van der Waals surface area contributed by atoms with E-state index in [-0.39, 0.29) is 5.56 Å². The lowest BCUT2D eigenvalue weighted by Gasteiger charge is -2.11. The van der Waals surface area contributed by atoms with Crippen LogP contribution < -0.4 is 11.1 Å². The summed E-state index contributed by atoms with van der Waals surface area (Å²) in [6, 6.07) is -0.826. The molecule has 0 aliphatic heterocycles. The summed E-state index contributed by atoms with van der Waals surface area (Å²) in [4.78, 5) is 21.9. The Morgan fingerprint density at radius 1 is 1.56 bits per heavy atom. The number of nitrogens with two attached hydrogens (primary N) is 1. The molecule has 0 fully saturated rings. The van der Waals surface area contributed by atoms with E-state index in [9.17, 15) is 9.59 Å². The van der Waals surface area contributed by atoms with Crippen LogP contribution in [0.1, 0.15) is 23.0 Å². The van der Waals surface area contributed by atoms with E-state index in [0.717, 1.165) is 0 Å². The quantitative estimate of drug-likeness (QED) is 0.653. The lowest BCUT2D eigenvalue weighted by atomic mass is 10.2. The van der Waals surface area contributed by atoms with Gasteiger partial charge in [0.1, 0.15) is 17.4 Å². The smallest absolute Gasteiger partial charge is 0.325 e. The normalized spacial score (nSPS) is 12.2. The molecule has 0 aliphatic carbocycles. The van der Waals surface area contributed by atoms with Crippen molar-refractivity contribution in [2.45, 2.75) is 19.9 Å². The van der Waals surface area contributed by atoms with E-state index in [1.54, 1.807) is 14.0 Å². The van der Waals surface area contributed by atoms with Crippen molar-refractivity contribution in [3.8, 4) is 0 Å². The number of carboxylic acid groups (broad SMARTS) is 1. The molecular formula is C9H14N4O3. The molecule has 0 radical (unpaired) electrons. The van der Waals surface area contributed by atoms with Crippen LogP contribution in [-0.4, -0.2) is 32.8 Å². The SMILES string of the molecule is Cc1nn(C)c(NC(C)C(=O)O)c1C(N)=O. The Bertz CT molecular complexity index is 438. The molecule has 88 valence electrons. The van der Waals surface area contributed by atoms with Crippen molar-refractivity contribution in [1.29, 1.82) is 0 Å². The first-order valence-electron chi connectivity index (χ1n) is 4.67. The first kappa shape index (κ1) is 12.0. The molecule has 0 spiro atoms.